The molecular weight excluding hydrogens is 543 g/mol. The lowest BCUT2D eigenvalue weighted by Gasteiger charge is -2.22. The number of aromatic nitrogens is 3. The summed E-state index contributed by atoms with van der Waals surface area (Å²) in [6, 6.07) is 14.5. The molecule has 5 rings (SSSR count). The van der Waals surface area contributed by atoms with Crippen LogP contribution in [0.5, 0.6) is 0 Å². The van der Waals surface area contributed by atoms with Crippen LogP contribution in [0.25, 0.3) is 5.76 Å². The van der Waals surface area contributed by atoms with Gasteiger partial charge < -0.3 is 9.84 Å². The number of benzene rings is 2. The van der Waals surface area contributed by atoms with Crippen molar-refractivity contribution in [1.82, 2.24) is 15.2 Å². The Morgan fingerprint density at radius 3 is 2.46 bits per heavy atom. The van der Waals surface area contributed by atoms with E-state index in [1.165, 1.54) is 66.5 Å². The number of Topliss-reactive ketones (excluding diaryl/α,β-unsaturated/α-hetero) is 1. The molecule has 0 spiro atoms. The van der Waals surface area contributed by atoms with Gasteiger partial charge in [0.2, 0.25) is 5.13 Å². The first kappa shape index (κ1) is 26.2. The molecule has 2 aromatic carbocycles. The molecule has 2 aromatic heterocycles. The fourth-order valence-corrected chi connectivity index (χ4v) is 5.90. The van der Waals surface area contributed by atoms with Gasteiger partial charge in [-0.3, -0.25) is 19.5 Å². The first-order valence-electron chi connectivity index (χ1n) is 11.5. The third-order valence-electron chi connectivity index (χ3n) is 5.96. The molecule has 196 valence electrons. The van der Waals surface area contributed by atoms with Crippen molar-refractivity contribution in [3.05, 3.63) is 107 Å². The van der Waals surface area contributed by atoms with E-state index in [4.69, 9.17) is 4.74 Å². The molecule has 39 heavy (non-hydrogen) atoms. The lowest BCUT2D eigenvalue weighted by molar-refractivity contribution is -0.132. The number of carbonyl (C=O) groups excluding carboxylic acids is 3. The van der Waals surface area contributed by atoms with Gasteiger partial charge in [-0.1, -0.05) is 53.4 Å². The van der Waals surface area contributed by atoms with E-state index in [1.807, 2.05) is 0 Å². The van der Waals surface area contributed by atoms with E-state index in [2.05, 4.69) is 15.2 Å². The zero-order chi connectivity index (χ0) is 27.5. The van der Waals surface area contributed by atoms with E-state index in [-0.39, 0.29) is 27.8 Å². The molecule has 1 aliphatic heterocycles. The Morgan fingerprint density at radius 2 is 1.77 bits per heavy atom. The van der Waals surface area contributed by atoms with Crippen molar-refractivity contribution in [2.75, 3.05) is 12.0 Å². The zero-order valence-electron chi connectivity index (χ0n) is 20.3. The highest BCUT2D eigenvalue weighted by Gasteiger charge is 2.48. The summed E-state index contributed by atoms with van der Waals surface area (Å²) in [6.45, 7) is 0. The maximum atomic E-state index is 14.0. The average molecular weight is 563 g/mol. The summed E-state index contributed by atoms with van der Waals surface area (Å²) in [5.74, 6) is -2.77. The number of pyridine rings is 1. The van der Waals surface area contributed by atoms with Gasteiger partial charge in [0.15, 0.2) is 4.34 Å². The normalized spacial score (nSPS) is 16.5. The predicted molar refractivity (Wildman–Crippen MR) is 143 cm³/mol. The van der Waals surface area contributed by atoms with Crippen LogP contribution in [0.1, 0.15) is 33.1 Å². The van der Waals surface area contributed by atoms with Crippen LogP contribution in [0.3, 0.4) is 0 Å². The molecule has 1 aliphatic rings. The lowest BCUT2D eigenvalue weighted by Crippen LogP contribution is -2.29. The Balaban J connectivity index is 1.54. The number of ether oxygens (including phenoxy) is 1. The Kier molecular flexibility index (Phi) is 7.48. The van der Waals surface area contributed by atoms with Crippen LogP contribution in [-0.4, -0.2) is 45.1 Å². The Labute approximate surface area is 230 Å². The van der Waals surface area contributed by atoms with Crippen molar-refractivity contribution in [2.45, 2.75) is 16.1 Å². The summed E-state index contributed by atoms with van der Waals surface area (Å²) in [7, 11) is 1.26. The largest absolute Gasteiger partial charge is 0.507 e. The summed E-state index contributed by atoms with van der Waals surface area (Å²) in [5, 5.41) is 19.5. The maximum Gasteiger partial charge on any atom is 0.337 e. The molecule has 9 nitrogen and oxygen atoms in total. The second-order valence-corrected chi connectivity index (χ2v) is 10.4. The fraction of sp³-hybridized carbons (Fsp3) is 0.111. The topological polar surface area (TPSA) is 123 Å². The zero-order valence-corrected chi connectivity index (χ0v) is 21.9. The van der Waals surface area contributed by atoms with Crippen molar-refractivity contribution in [1.29, 1.82) is 0 Å². The highest BCUT2D eigenvalue weighted by Crippen LogP contribution is 2.44. The highest BCUT2D eigenvalue weighted by atomic mass is 32.2. The Morgan fingerprint density at radius 1 is 1.05 bits per heavy atom. The SMILES string of the molecule is COC(=O)c1ccc(C2/C(=C(\O)c3ccncc3)C(=O)C(=O)N2c2nnc(SCc3ccccc3F)s2)cc1. The molecule has 1 fully saturated rings. The minimum atomic E-state index is -1.05. The van der Waals surface area contributed by atoms with Gasteiger partial charge in [-0.05, 0) is 41.5 Å². The second-order valence-electron chi connectivity index (χ2n) is 8.25. The smallest absolute Gasteiger partial charge is 0.337 e. The molecule has 1 atom stereocenters. The van der Waals surface area contributed by atoms with E-state index >= 15 is 0 Å². The van der Waals surface area contributed by atoms with E-state index in [1.54, 1.807) is 30.3 Å². The van der Waals surface area contributed by atoms with Crippen LogP contribution in [0, 0.1) is 5.82 Å². The van der Waals surface area contributed by atoms with Crippen LogP contribution in [0.4, 0.5) is 9.52 Å². The fourth-order valence-electron chi connectivity index (χ4n) is 4.04. The number of anilines is 1. The summed E-state index contributed by atoms with van der Waals surface area (Å²) in [4.78, 5) is 43.6. The number of aliphatic hydroxyl groups excluding tert-OH is 1. The van der Waals surface area contributed by atoms with Crippen LogP contribution in [0.2, 0.25) is 0 Å². The minimum Gasteiger partial charge on any atom is -0.507 e. The van der Waals surface area contributed by atoms with E-state index in [9.17, 15) is 23.9 Å². The Bertz CT molecular complexity index is 1590. The van der Waals surface area contributed by atoms with Crippen molar-refractivity contribution in [3.8, 4) is 0 Å². The van der Waals surface area contributed by atoms with Crippen LogP contribution < -0.4 is 4.90 Å². The van der Waals surface area contributed by atoms with Crippen LogP contribution >= 0.6 is 23.1 Å². The molecule has 1 N–H and O–H groups in total. The third kappa shape index (κ3) is 5.16. The lowest BCUT2D eigenvalue weighted by atomic mass is 9.95. The van der Waals surface area contributed by atoms with Gasteiger partial charge >= 0.3 is 11.9 Å². The second kappa shape index (κ2) is 11.1. The number of carbonyl (C=O) groups is 3. The number of methoxy groups -OCH3 is 1. The van der Waals surface area contributed by atoms with E-state index in [0.29, 0.717) is 26.8 Å². The highest BCUT2D eigenvalue weighted by molar-refractivity contribution is 8.00. The molecule has 1 saturated heterocycles. The number of hydrogen-bond donors (Lipinski definition) is 1. The van der Waals surface area contributed by atoms with Gasteiger partial charge in [-0.15, -0.1) is 10.2 Å². The van der Waals surface area contributed by atoms with Crippen molar-refractivity contribution < 1.29 is 28.6 Å². The molecule has 0 saturated carbocycles. The Hall–Kier alpha value is -4.42. The molecular formula is C27H19FN4O5S2. The number of nitrogens with zero attached hydrogens (tertiary/aromatic N) is 4. The monoisotopic (exact) mass is 562 g/mol. The van der Waals surface area contributed by atoms with E-state index < -0.39 is 23.7 Å². The number of thioether (sulfide) groups is 1. The number of amides is 1. The molecule has 4 aromatic rings. The van der Waals surface area contributed by atoms with Gasteiger partial charge in [0.05, 0.1) is 24.3 Å². The minimum absolute atomic E-state index is 0.129. The summed E-state index contributed by atoms with van der Waals surface area (Å²) < 4.78 is 19.3. The maximum absolute atomic E-state index is 14.0. The molecule has 0 bridgehead atoms. The number of ketones is 1. The van der Waals surface area contributed by atoms with Crippen LogP contribution in [-0.2, 0) is 20.1 Å². The predicted octanol–water partition coefficient (Wildman–Crippen LogP) is 4.78. The standard InChI is InChI=1S/C27H19FN4O5S2/c1-37-25(36)17-8-6-15(7-9-17)21-20(22(33)16-10-12-29-13-11-16)23(34)24(35)32(21)26-30-31-27(39-26)38-14-18-4-2-3-5-19(18)28/h2-13,21,33H,14H2,1H3/b22-20+. The van der Waals surface area contributed by atoms with E-state index in [0.717, 1.165) is 11.3 Å². The van der Waals surface area contributed by atoms with Gasteiger partial charge in [0, 0.05) is 23.7 Å². The van der Waals surface area contributed by atoms with Gasteiger partial charge in [-0.25, -0.2) is 9.18 Å². The molecule has 1 unspecified atom stereocenters. The summed E-state index contributed by atoms with van der Waals surface area (Å²) >= 11 is 2.30. The first-order chi connectivity index (χ1) is 18.9. The number of hydrogen-bond acceptors (Lipinski definition) is 10. The summed E-state index contributed by atoms with van der Waals surface area (Å²) in [5.41, 5.74) is 1.37. The average Bonchev–Trinajstić information content (AvgIpc) is 3.54. The number of aliphatic hydroxyl groups is 1. The molecule has 12 heteroatoms. The van der Waals surface area contributed by atoms with Crippen molar-refractivity contribution in [3.63, 3.8) is 0 Å². The molecule has 0 aliphatic carbocycles. The number of halogens is 1. The van der Waals surface area contributed by atoms with Crippen molar-refractivity contribution >= 4 is 51.6 Å². The summed E-state index contributed by atoms with van der Waals surface area (Å²) in [6.07, 6.45) is 2.91. The number of rotatable bonds is 7. The quantitative estimate of drug-likeness (QED) is 0.0847. The van der Waals surface area contributed by atoms with Crippen molar-refractivity contribution in [2.24, 2.45) is 0 Å². The molecule has 3 heterocycles. The van der Waals surface area contributed by atoms with Gasteiger partial charge in [0.25, 0.3) is 5.78 Å². The van der Waals surface area contributed by atoms with Gasteiger partial charge in [0.1, 0.15) is 11.6 Å². The molecule has 0 radical (unpaired) electrons. The number of esters is 1. The third-order valence-corrected chi connectivity index (χ3v) is 8.06. The first-order valence-corrected chi connectivity index (χ1v) is 13.3. The van der Waals surface area contributed by atoms with Crippen LogP contribution in [0.15, 0.2) is 83.0 Å². The van der Waals surface area contributed by atoms with Gasteiger partial charge in [-0.2, -0.15) is 0 Å². The molecule has 1 amide bonds.